The standard InChI is InChI=1S/C12H22N6O9/c13-9(11(20)21)4-2-6-15-12(14)16-10(19)5-1-3-8(27-18(24)25)7-26-17(22)23/h8-9H,1-7,13H2,(H,20,21)(H3,14,15,16,19). The predicted molar refractivity (Wildman–Crippen MR) is 88.1 cm³/mol. The average molecular weight is 394 g/mol. The number of nitrogens with two attached hydrogens (primary N) is 2. The first kappa shape index (κ1) is 23.8. The molecule has 0 bridgehead atoms. The molecule has 1 amide bonds. The molecule has 0 aliphatic carbocycles. The molecular weight excluding hydrogens is 372 g/mol. The Morgan fingerprint density at radius 2 is 1.85 bits per heavy atom. The molecule has 0 heterocycles. The van der Waals surface area contributed by atoms with Crippen molar-refractivity contribution in [3.8, 4) is 0 Å². The van der Waals surface area contributed by atoms with Gasteiger partial charge in [-0.3, -0.25) is 19.9 Å². The van der Waals surface area contributed by atoms with Crippen LogP contribution in [0.4, 0.5) is 0 Å². The number of aliphatic imine (C=N–C) groups is 1. The molecule has 27 heavy (non-hydrogen) atoms. The molecule has 0 aromatic rings. The van der Waals surface area contributed by atoms with Crippen molar-refractivity contribution in [3.05, 3.63) is 20.2 Å². The van der Waals surface area contributed by atoms with Gasteiger partial charge < -0.3 is 26.2 Å². The van der Waals surface area contributed by atoms with Crippen LogP contribution >= 0.6 is 0 Å². The normalized spacial score (nSPS) is 13.3. The summed E-state index contributed by atoms with van der Waals surface area (Å²) >= 11 is 0. The Morgan fingerprint density at radius 3 is 2.41 bits per heavy atom. The second-order valence-electron chi connectivity index (χ2n) is 5.26. The van der Waals surface area contributed by atoms with Gasteiger partial charge in [-0.1, -0.05) is 0 Å². The molecule has 15 heteroatoms. The highest BCUT2D eigenvalue weighted by molar-refractivity contribution is 5.96. The zero-order valence-electron chi connectivity index (χ0n) is 14.3. The highest BCUT2D eigenvalue weighted by Gasteiger charge is 2.16. The van der Waals surface area contributed by atoms with Gasteiger partial charge in [0.2, 0.25) is 5.91 Å². The van der Waals surface area contributed by atoms with Crippen LogP contribution in [0.15, 0.2) is 4.99 Å². The van der Waals surface area contributed by atoms with Gasteiger partial charge >= 0.3 is 5.97 Å². The minimum absolute atomic E-state index is 0.0354. The van der Waals surface area contributed by atoms with Crippen molar-refractivity contribution in [1.82, 2.24) is 5.32 Å². The zero-order valence-corrected chi connectivity index (χ0v) is 14.3. The number of rotatable bonds is 14. The molecule has 0 fully saturated rings. The van der Waals surface area contributed by atoms with Gasteiger partial charge in [0.05, 0.1) is 0 Å². The second-order valence-corrected chi connectivity index (χ2v) is 5.26. The van der Waals surface area contributed by atoms with Crippen LogP contribution in [-0.2, 0) is 19.3 Å². The smallest absolute Gasteiger partial charge is 0.320 e. The van der Waals surface area contributed by atoms with E-state index in [1.807, 2.05) is 0 Å². The number of carboxylic acids is 1. The van der Waals surface area contributed by atoms with Crippen LogP contribution < -0.4 is 16.8 Å². The van der Waals surface area contributed by atoms with Crippen molar-refractivity contribution in [1.29, 1.82) is 0 Å². The molecule has 2 atom stereocenters. The fourth-order valence-corrected chi connectivity index (χ4v) is 1.80. The summed E-state index contributed by atoms with van der Waals surface area (Å²) in [5, 5.41) is 29.1. The number of hydrogen-bond donors (Lipinski definition) is 4. The number of hydrogen-bond acceptors (Lipinski definition) is 10. The summed E-state index contributed by atoms with van der Waals surface area (Å²) in [5.41, 5.74) is 10.8. The molecule has 15 nitrogen and oxygen atoms in total. The quantitative estimate of drug-likeness (QED) is 0.0875. The van der Waals surface area contributed by atoms with Crippen molar-refractivity contribution in [2.24, 2.45) is 16.5 Å². The largest absolute Gasteiger partial charge is 0.480 e. The van der Waals surface area contributed by atoms with Gasteiger partial charge in [0.15, 0.2) is 5.96 Å². The minimum atomic E-state index is -1.19. The first-order valence-corrected chi connectivity index (χ1v) is 7.78. The summed E-state index contributed by atoms with van der Waals surface area (Å²) in [4.78, 5) is 54.7. The minimum Gasteiger partial charge on any atom is -0.480 e. The third-order valence-electron chi connectivity index (χ3n) is 3.07. The molecule has 0 aromatic carbocycles. The van der Waals surface area contributed by atoms with Crippen LogP contribution in [0, 0.1) is 20.2 Å². The predicted octanol–water partition coefficient (Wildman–Crippen LogP) is -1.44. The van der Waals surface area contributed by atoms with Gasteiger partial charge in [0, 0.05) is 13.0 Å². The van der Waals surface area contributed by atoms with Crippen LogP contribution in [0.1, 0.15) is 32.1 Å². The van der Waals surface area contributed by atoms with Crippen molar-refractivity contribution >= 4 is 17.8 Å². The van der Waals surface area contributed by atoms with Crippen LogP contribution in [0.25, 0.3) is 0 Å². The first-order chi connectivity index (χ1) is 12.6. The SMILES string of the molecule is NC(=NCCCC(N)C(=O)O)NC(=O)CCCC(CO[N+](=O)[O-])O[N+](=O)[O-]. The number of aliphatic carboxylic acids is 1. The monoisotopic (exact) mass is 394 g/mol. The molecule has 0 saturated carbocycles. The Labute approximate surface area is 152 Å². The van der Waals surface area contributed by atoms with Crippen LogP contribution in [-0.4, -0.2) is 58.4 Å². The maximum Gasteiger partial charge on any atom is 0.320 e. The van der Waals surface area contributed by atoms with Gasteiger partial charge in [0.1, 0.15) is 18.8 Å². The number of nitrogens with one attached hydrogen (secondary N) is 1. The fraction of sp³-hybridized carbons (Fsp3) is 0.750. The summed E-state index contributed by atoms with van der Waals surface area (Å²) in [6.45, 7) is -0.470. The summed E-state index contributed by atoms with van der Waals surface area (Å²) in [7, 11) is 0. The van der Waals surface area contributed by atoms with Crippen LogP contribution in [0.3, 0.4) is 0 Å². The fourth-order valence-electron chi connectivity index (χ4n) is 1.80. The summed E-state index contributed by atoms with van der Waals surface area (Å²) in [6, 6.07) is -0.996. The number of guanidine groups is 1. The van der Waals surface area contributed by atoms with Gasteiger partial charge in [0.25, 0.3) is 10.2 Å². The molecule has 0 aliphatic heterocycles. The third-order valence-corrected chi connectivity index (χ3v) is 3.07. The number of amides is 1. The Hall–Kier alpha value is -3.23. The Morgan fingerprint density at radius 1 is 1.19 bits per heavy atom. The average Bonchev–Trinajstić information content (AvgIpc) is 2.55. The molecular formula is C12H22N6O9. The molecule has 154 valence electrons. The number of carbonyl (C=O) groups excluding carboxylic acids is 1. The maximum atomic E-state index is 11.7. The molecule has 0 aromatic heterocycles. The van der Waals surface area contributed by atoms with Crippen molar-refractivity contribution < 1.29 is 34.5 Å². The van der Waals surface area contributed by atoms with E-state index in [-0.39, 0.29) is 38.2 Å². The topological polar surface area (TPSA) is 236 Å². The molecule has 2 unspecified atom stereocenters. The molecule has 0 rings (SSSR count). The Balaban J connectivity index is 4.13. The lowest BCUT2D eigenvalue weighted by molar-refractivity contribution is -0.790. The lowest BCUT2D eigenvalue weighted by atomic mass is 10.1. The van der Waals surface area contributed by atoms with E-state index in [0.29, 0.717) is 6.42 Å². The van der Waals surface area contributed by atoms with E-state index >= 15 is 0 Å². The van der Waals surface area contributed by atoms with E-state index in [0.717, 1.165) is 0 Å². The molecule has 6 N–H and O–H groups in total. The Bertz CT molecular complexity index is 555. The van der Waals surface area contributed by atoms with Crippen LogP contribution in [0.5, 0.6) is 0 Å². The van der Waals surface area contributed by atoms with E-state index in [4.69, 9.17) is 16.6 Å². The number of nitrogens with zero attached hydrogens (tertiary/aromatic N) is 3. The van der Waals surface area contributed by atoms with Crippen molar-refractivity contribution in [2.45, 2.75) is 44.2 Å². The van der Waals surface area contributed by atoms with Crippen LogP contribution in [0.2, 0.25) is 0 Å². The first-order valence-electron chi connectivity index (χ1n) is 7.78. The third kappa shape index (κ3) is 13.7. The molecule has 0 aliphatic rings. The summed E-state index contributed by atoms with van der Waals surface area (Å²) < 4.78 is 0. The van der Waals surface area contributed by atoms with Gasteiger partial charge in [-0.2, -0.15) is 0 Å². The van der Waals surface area contributed by atoms with Crippen molar-refractivity contribution in [2.75, 3.05) is 13.2 Å². The van der Waals surface area contributed by atoms with E-state index in [1.165, 1.54) is 0 Å². The van der Waals surface area contributed by atoms with Gasteiger partial charge in [-0.15, -0.1) is 20.2 Å². The summed E-state index contributed by atoms with van der Waals surface area (Å²) in [5.74, 6) is -1.81. The molecule has 0 radical (unpaired) electrons. The van der Waals surface area contributed by atoms with Crippen molar-refractivity contribution in [3.63, 3.8) is 0 Å². The number of carboxylic acid groups (broad SMARTS) is 1. The highest BCUT2D eigenvalue weighted by Crippen LogP contribution is 2.06. The van der Waals surface area contributed by atoms with Gasteiger partial charge in [-0.25, -0.2) is 0 Å². The van der Waals surface area contributed by atoms with E-state index in [2.05, 4.69) is 20.0 Å². The molecule has 0 saturated heterocycles. The second kappa shape index (κ2) is 13.0. The lowest BCUT2D eigenvalue weighted by Crippen LogP contribution is -2.37. The van der Waals surface area contributed by atoms with Gasteiger partial charge in [-0.05, 0) is 25.7 Å². The number of carbonyl (C=O) groups is 2. The Kier molecular flexibility index (Phi) is 11.5. The maximum absolute atomic E-state index is 11.7. The van der Waals surface area contributed by atoms with E-state index in [9.17, 15) is 29.8 Å². The van der Waals surface area contributed by atoms with E-state index in [1.54, 1.807) is 0 Å². The summed E-state index contributed by atoms with van der Waals surface area (Å²) in [6.07, 6.45) is -0.637. The van der Waals surface area contributed by atoms with E-state index < -0.39 is 40.8 Å². The molecule has 0 spiro atoms. The lowest BCUT2D eigenvalue weighted by Gasteiger charge is -2.13. The zero-order chi connectivity index (χ0) is 20.8. The highest BCUT2D eigenvalue weighted by atomic mass is 17.0.